The van der Waals surface area contributed by atoms with Crippen LogP contribution in [0, 0.1) is 0 Å². The van der Waals surface area contributed by atoms with Crippen LogP contribution in [0.25, 0.3) is 17.0 Å². The third-order valence-electron chi connectivity index (χ3n) is 4.11. The molecule has 0 radical (unpaired) electrons. The van der Waals surface area contributed by atoms with Gasteiger partial charge in [-0.3, -0.25) is 4.68 Å². The summed E-state index contributed by atoms with van der Waals surface area (Å²) in [6.07, 6.45) is -1.90. The molecule has 0 N–H and O–H groups in total. The fourth-order valence-electron chi connectivity index (χ4n) is 2.77. The lowest BCUT2D eigenvalue weighted by Crippen LogP contribution is -2.06. The molecule has 3 rings (SSSR count). The normalized spacial score (nSPS) is 12.1. The second-order valence-corrected chi connectivity index (χ2v) is 6.94. The lowest BCUT2D eigenvalue weighted by molar-refractivity contribution is -0.138. The zero-order chi connectivity index (χ0) is 21.2. The second-order valence-electron chi connectivity index (χ2n) is 6.09. The average molecular weight is 443 g/mol. The number of ether oxygens (including phenoxy) is 1. The van der Waals surface area contributed by atoms with Gasteiger partial charge in [0.05, 0.1) is 29.9 Å². The molecule has 0 aliphatic rings. The van der Waals surface area contributed by atoms with Crippen molar-refractivity contribution in [2.75, 3.05) is 6.61 Å². The molecule has 152 valence electrons. The van der Waals surface area contributed by atoms with Crippen molar-refractivity contribution >= 4 is 46.2 Å². The Bertz CT molecular complexity index is 1090. The van der Waals surface area contributed by atoms with Crippen LogP contribution in [0.2, 0.25) is 10.0 Å². The highest BCUT2D eigenvalue weighted by Crippen LogP contribution is 2.33. The first-order chi connectivity index (χ1) is 13.7. The molecule has 0 aliphatic heterocycles. The molecule has 0 aliphatic carbocycles. The number of carbonyl (C=O) groups excluding carboxylic acids is 1. The molecule has 3 aromatic rings. The van der Waals surface area contributed by atoms with Crippen molar-refractivity contribution < 1.29 is 22.7 Å². The first kappa shape index (κ1) is 21.2. The summed E-state index contributed by atoms with van der Waals surface area (Å²) < 4.78 is 45.8. The molecule has 0 amide bonds. The fraction of sp³-hybridized carbons (Fsp3) is 0.200. The number of nitrogens with zero attached hydrogens (tertiary/aromatic N) is 2. The summed E-state index contributed by atoms with van der Waals surface area (Å²) in [5.74, 6) is -0.567. The summed E-state index contributed by atoms with van der Waals surface area (Å²) in [6.45, 7) is 2.01. The molecule has 0 saturated carbocycles. The van der Waals surface area contributed by atoms with E-state index >= 15 is 0 Å². The Morgan fingerprint density at radius 3 is 2.62 bits per heavy atom. The molecule has 4 nitrogen and oxygen atoms in total. The molecule has 0 fully saturated rings. The lowest BCUT2D eigenvalue weighted by Gasteiger charge is -2.09. The molecule has 1 heterocycles. The highest BCUT2D eigenvalue weighted by molar-refractivity contribution is 6.35. The van der Waals surface area contributed by atoms with Gasteiger partial charge >= 0.3 is 12.1 Å². The van der Waals surface area contributed by atoms with Crippen LogP contribution < -0.4 is 0 Å². The zero-order valence-electron chi connectivity index (χ0n) is 15.1. The fourth-order valence-corrected chi connectivity index (χ4v) is 3.24. The summed E-state index contributed by atoms with van der Waals surface area (Å²) in [7, 11) is 0. The maximum atomic E-state index is 13.2. The molecule has 9 heteroatoms. The molecule has 0 unspecified atom stereocenters. The minimum absolute atomic E-state index is 0.126. The van der Waals surface area contributed by atoms with Gasteiger partial charge in [0.25, 0.3) is 0 Å². The van der Waals surface area contributed by atoms with Crippen LogP contribution in [-0.4, -0.2) is 22.4 Å². The van der Waals surface area contributed by atoms with Gasteiger partial charge in [-0.1, -0.05) is 29.3 Å². The molecule has 2 aromatic carbocycles. The summed E-state index contributed by atoms with van der Waals surface area (Å²) in [4.78, 5) is 11.6. The van der Waals surface area contributed by atoms with Gasteiger partial charge in [0.2, 0.25) is 0 Å². The van der Waals surface area contributed by atoms with Crippen LogP contribution >= 0.6 is 23.2 Å². The third-order valence-corrected chi connectivity index (χ3v) is 4.69. The van der Waals surface area contributed by atoms with Gasteiger partial charge in [-0.15, -0.1) is 0 Å². The highest BCUT2D eigenvalue weighted by atomic mass is 35.5. The first-order valence-corrected chi connectivity index (χ1v) is 9.31. The van der Waals surface area contributed by atoms with Crippen LogP contribution in [0.5, 0.6) is 0 Å². The molecular formula is C20H15Cl2F3N2O2. The Morgan fingerprint density at radius 2 is 1.97 bits per heavy atom. The number of alkyl halides is 3. The summed E-state index contributed by atoms with van der Waals surface area (Å²) in [6, 6.07) is 8.19. The number of fused-ring (bicyclic) bond motifs is 1. The van der Waals surface area contributed by atoms with E-state index in [1.807, 2.05) is 0 Å². The Labute approximate surface area is 174 Å². The van der Waals surface area contributed by atoms with E-state index in [1.54, 1.807) is 25.1 Å². The predicted octanol–water partition coefficient (Wildman–Crippen LogP) is 5.99. The van der Waals surface area contributed by atoms with E-state index in [4.69, 9.17) is 27.9 Å². The van der Waals surface area contributed by atoms with Crippen molar-refractivity contribution in [1.82, 2.24) is 9.78 Å². The first-order valence-electron chi connectivity index (χ1n) is 8.55. The summed E-state index contributed by atoms with van der Waals surface area (Å²) in [5, 5.41) is 5.65. The van der Waals surface area contributed by atoms with Crippen LogP contribution in [0.1, 0.15) is 23.7 Å². The van der Waals surface area contributed by atoms with E-state index in [2.05, 4.69) is 5.10 Å². The van der Waals surface area contributed by atoms with Crippen LogP contribution in [0.15, 0.2) is 42.5 Å². The smallest absolute Gasteiger partial charge is 0.416 e. The van der Waals surface area contributed by atoms with Crippen molar-refractivity contribution in [3.05, 3.63) is 69.3 Å². The SMILES string of the molecule is CCOC(=O)C=Cc1nn(Cc2ccc(Cl)cc2Cl)c2cc(C(F)(F)F)ccc12. The van der Waals surface area contributed by atoms with Gasteiger partial charge in [0.1, 0.15) is 0 Å². The molecule has 29 heavy (non-hydrogen) atoms. The van der Waals surface area contributed by atoms with Gasteiger partial charge in [-0.05, 0) is 48.9 Å². The molecule has 1 aromatic heterocycles. The van der Waals surface area contributed by atoms with E-state index in [9.17, 15) is 18.0 Å². The lowest BCUT2D eigenvalue weighted by atomic mass is 10.1. The van der Waals surface area contributed by atoms with Gasteiger partial charge in [0.15, 0.2) is 0 Å². The topological polar surface area (TPSA) is 44.1 Å². The predicted molar refractivity (Wildman–Crippen MR) is 106 cm³/mol. The minimum atomic E-state index is -4.50. The maximum absolute atomic E-state index is 13.2. The van der Waals surface area contributed by atoms with Crippen LogP contribution in [0.3, 0.4) is 0 Å². The average Bonchev–Trinajstić information content (AvgIpc) is 2.99. The molecule has 0 atom stereocenters. The third kappa shape index (κ3) is 4.92. The standard InChI is InChI=1S/C20H15Cl2F3N2O2/c1-2-29-19(28)8-7-17-15-6-4-13(20(23,24)25)9-18(15)27(26-17)11-12-3-5-14(21)10-16(12)22/h3-10H,2,11H2,1H3. The Balaban J connectivity index is 2.09. The largest absolute Gasteiger partial charge is 0.463 e. The van der Waals surface area contributed by atoms with E-state index in [-0.39, 0.29) is 18.7 Å². The van der Waals surface area contributed by atoms with Crippen molar-refractivity contribution in [2.24, 2.45) is 0 Å². The van der Waals surface area contributed by atoms with Crippen molar-refractivity contribution in [3.63, 3.8) is 0 Å². The number of carbonyl (C=O) groups is 1. The summed E-state index contributed by atoms with van der Waals surface area (Å²) >= 11 is 12.1. The monoisotopic (exact) mass is 442 g/mol. The van der Waals surface area contributed by atoms with E-state index in [0.717, 1.165) is 12.1 Å². The molecule has 0 bridgehead atoms. The van der Waals surface area contributed by atoms with E-state index < -0.39 is 17.7 Å². The maximum Gasteiger partial charge on any atom is 0.416 e. The number of aromatic nitrogens is 2. The van der Waals surface area contributed by atoms with Gasteiger partial charge in [-0.2, -0.15) is 18.3 Å². The van der Waals surface area contributed by atoms with Crippen molar-refractivity contribution in [1.29, 1.82) is 0 Å². The number of esters is 1. The molecule has 0 spiro atoms. The van der Waals surface area contributed by atoms with Gasteiger partial charge < -0.3 is 4.74 Å². The summed E-state index contributed by atoms with van der Waals surface area (Å²) in [5.41, 5.74) is 0.439. The number of rotatable bonds is 5. The van der Waals surface area contributed by atoms with Crippen LogP contribution in [-0.2, 0) is 22.3 Å². The van der Waals surface area contributed by atoms with Crippen molar-refractivity contribution in [2.45, 2.75) is 19.6 Å². The Hall–Kier alpha value is -2.51. The Morgan fingerprint density at radius 1 is 1.21 bits per heavy atom. The molecule has 0 saturated heterocycles. The van der Waals surface area contributed by atoms with Gasteiger partial charge in [-0.25, -0.2) is 4.79 Å². The van der Waals surface area contributed by atoms with Crippen molar-refractivity contribution in [3.8, 4) is 0 Å². The number of hydrogen-bond acceptors (Lipinski definition) is 3. The van der Waals surface area contributed by atoms with Gasteiger partial charge in [0, 0.05) is 21.5 Å². The highest BCUT2D eigenvalue weighted by Gasteiger charge is 2.31. The zero-order valence-corrected chi connectivity index (χ0v) is 16.6. The number of benzene rings is 2. The van der Waals surface area contributed by atoms with E-state index in [0.29, 0.717) is 26.7 Å². The minimum Gasteiger partial charge on any atom is -0.463 e. The van der Waals surface area contributed by atoms with E-state index in [1.165, 1.54) is 22.9 Å². The van der Waals surface area contributed by atoms with Crippen LogP contribution in [0.4, 0.5) is 13.2 Å². The number of halogens is 5. The Kier molecular flexibility index (Phi) is 6.19. The number of hydrogen-bond donors (Lipinski definition) is 0. The quantitative estimate of drug-likeness (QED) is 0.360. The second kappa shape index (κ2) is 8.47. The molecular weight excluding hydrogens is 428 g/mol.